The number of hydrogen-bond acceptors (Lipinski definition) is 7. The Morgan fingerprint density at radius 1 is 0.935 bits per heavy atom. The maximum absolute atomic E-state index is 12.6. The molecule has 1 heterocycles. The lowest BCUT2D eigenvalue weighted by Gasteiger charge is -2.16. The van der Waals surface area contributed by atoms with Gasteiger partial charge in [-0.3, -0.25) is 10.1 Å². The van der Waals surface area contributed by atoms with Crippen molar-refractivity contribution in [2.45, 2.75) is 34.6 Å². The number of benzene rings is 2. The van der Waals surface area contributed by atoms with Crippen LogP contribution in [0.3, 0.4) is 0 Å². The summed E-state index contributed by atoms with van der Waals surface area (Å²) in [5.74, 6) is 1.47. The second kappa shape index (κ2) is 9.97. The SMILES string of the molecule is CCOc1cc(-c2nnc(NC(=O)c3cc(C)ccc3C)o2)cc(OCC)c1OCC. The van der Waals surface area contributed by atoms with Gasteiger partial charge < -0.3 is 18.6 Å². The van der Waals surface area contributed by atoms with Crippen molar-refractivity contribution < 1.29 is 23.4 Å². The van der Waals surface area contributed by atoms with Crippen LogP contribution in [0.15, 0.2) is 34.7 Å². The van der Waals surface area contributed by atoms with E-state index < -0.39 is 0 Å². The largest absolute Gasteiger partial charge is 0.490 e. The van der Waals surface area contributed by atoms with Gasteiger partial charge in [0.25, 0.3) is 5.91 Å². The van der Waals surface area contributed by atoms with Crippen LogP contribution in [0.25, 0.3) is 11.5 Å². The summed E-state index contributed by atoms with van der Waals surface area (Å²) in [6.45, 7) is 10.8. The summed E-state index contributed by atoms with van der Waals surface area (Å²) in [6.07, 6.45) is 0. The number of ether oxygens (including phenoxy) is 3. The van der Waals surface area contributed by atoms with Gasteiger partial charge in [-0.2, -0.15) is 0 Å². The van der Waals surface area contributed by atoms with Gasteiger partial charge in [-0.05, 0) is 58.4 Å². The third-order valence-electron chi connectivity index (χ3n) is 4.44. The van der Waals surface area contributed by atoms with Crippen molar-refractivity contribution in [3.05, 3.63) is 47.0 Å². The summed E-state index contributed by atoms with van der Waals surface area (Å²) in [4.78, 5) is 12.6. The number of nitrogens with zero attached hydrogens (tertiary/aromatic N) is 2. The van der Waals surface area contributed by atoms with Crippen LogP contribution in [-0.2, 0) is 0 Å². The van der Waals surface area contributed by atoms with Gasteiger partial charge in [-0.15, -0.1) is 5.10 Å². The predicted molar refractivity (Wildman–Crippen MR) is 117 cm³/mol. The zero-order valence-corrected chi connectivity index (χ0v) is 18.4. The number of amides is 1. The van der Waals surface area contributed by atoms with E-state index in [2.05, 4.69) is 15.5 Å². The van der Waals surface area contributed by atoms with Gasteiger partial charge >= 0.3 is 6.01 Å². The van der Waals surface area contributed by atoms with Crippen molar-refractivity contribution in [2.75, 3.05) is 25.1 Å². The third-order valence-corrected chi connectivity index (χ3v) is 4.44. The van der Waals surface area contributed by atoms with Crippen LogP contribution in [0.1, 0.15) is 42.3 Å². The number of aryl methyl sites for hydroxylation is 2. The number of nitrogens with one attached hydrogen (secondary N) is 1. The summed E-state index contributed by atoms with van der Waals surface area (Å²) in [5.41, 5.74) is 2.99. The Hall–Kier alpha value is -3.55. The van der Waals surface area contributed by atoms with Crippen molar-refractivity contribution in [1.82, 2.24) is 10.2 Å². The second-order valence-electron chi connectivity index (χ2n) is 6.79. The first-order valence-electron chi connectivity index (χ1n) is 10.3. The lowest BCUT2D eigenvalue weighted by molar-refractivity contribution is 0.102. The lowest BCUT2D eigenvalue weighted by Crippen LogP contribution is -2.13. The van der Waals surface area contributed by atoms with E-state index in [-0.39, 0.29) is 17.8 Å². The van der Waals surface area contributed by atoms with Crippen LogP contribution in [0.5, 0.6) is 17.2 Å². The monoisotopic (exact) mass is 425 g/mol. The fourth-order valence-corrected chi connectivity index (χ4v) is 3.05. The maximum Gasteiger partial charge on any atom is 0.322 e. The zero-order chi connectivity index (χ0) is 22.4. The number of anilines is 1. The van der Waals surface area contributed by atoms with Gasteiger partial charge in [0.15, 0.2) is 11.5 Å². The molecular weight excluding hydrogens is 398 g/mol. The molecule has 0 aliphatic heterocycles. The van der Waals surface area contributed by atoms with Gasteiger partial charge in [0, 0.05) is 11.1 Å². The average Bonchev–Trinajstić information content (AvgIpc) is 3.20. The standard InChI is InChI=1S/C23H27N3O5/c1-6-28-18-12-16(13-19(29-7-2)20(18)30-8-3)22-25-26-23(31-22)24-21(27)17-11-14(4)9-10-15(17)5/h9-13H,6-8H2,1-5H3,(H,24,26,27). The molecule has 0 radical (unpaired) electrons. The molecule has 8 nitrogen and oxygen atoms in total. The molecule has 0 fully saturated rings. The van der Waals surface area contributed by atoms with Crippen LogP contribution in [0.2, 0.25) is 0 Å². The first kappa shape index (κ1) is 22.1. The number of hydrogen-bond donors (Lipinski definition) is 1. The first-order chi connectivity index (χ1) is 15.0. The van der Waals surface area contributed by atoms with Crippen molar-refractivity contribution in [3.63, 3.8) is 0 Å². The lowest BCUT2D eigenvalue weighted by atomic mass is 10.1. The van der Waals surface area contributed by atoms with Crippen LogP contribution in [0.4, 0.5) is 6.01 Å². The molecule has 3 rings (SSSR count). The molecule has 0 unspecified atom stereocenters. The highest BCUT2D eigenvalue weighted by Gasteiger charge is 2.20. The minimum absolute atomic E-state index is 0.00529. The van der Waals surface area contributed by atoms with E-state index in [1.54, 1.807) is 12.1 Å². The second-order valence-corrected chi connectivity index (χ2v) is 6.79. The molecule has 1 aromatic heterocycles. The van der Waals surface area contributed by atoms with E-state index in [1.807, 2.05) is 52.8 Å². The van der Waals surface area contributed by atoms with E-state index in [4.69, 9.17) is 18.6 Å². The van der Waals surface area contributed by atoms with Crippen molar-refractivity contribution in [3.8, 4) is 28.7 Å². The fraction of sp³-hybridized carbons (Fsp3) is 0.348. The molecule has 0 atom stereocenters. The molecule has 0 bridgehead atoms. The Kier molecular flexibility index (Phi) is 7.12. The van der Waals surface area contributed by atoms with Gasteiger partial charge in [0.1, 0.15) is 0 Å². The Labute approximate surface area is 181 Å². The van der Waals surface area contributed by atoms with Crippen molar-refractivity contribution in [2.24, 2.45) is 0 Å². The van der Waals surface area contributed by atoms with E-state index in [9.17, 15) is 4.79 Å². The smallest absolute Gasteiger partial charge is 0.322 e. The highest BCUT2D eigenvalue weighted by Crippen LogP contribution is 2.41. The summed E-state index contributed by atoms with van der Waals surface area (Å²) in [6, 6.07) is 9.17. The van der Waals surface area contributed by atoms with Crippen molar-refractivity contribution in [1.29, 1.82) is 0 Å². The van der Waals surface area contributed by atoms with Crippen LogP contribution >= 0.6 is 0 Å². The molecule has 31 heavy (non-hydrogen) atoms. The van der Waals surface area contributed by atoms with Gasteiger partial charge in [0.2, 0.25) is 11.6 Å². The molecular formula is C23H27N3O5. The zero-order valence-electron chi connectivity index (χ0n) is 18.4. The van der Waals surface area contributed by atoms with E-state index >= 15 is 0 Å². The van der Waals surface area contributed by atoms with Gasteiger partial charge in [-0.1, -0.05) is 22.8 Å². The highest BCUT2D eigenvalue weighted by molar-refractivity contribution is 6.04. The van der Waals surface area contributed by atoms with E-state index in [0.717, 1.165) is 11.1 Å². The molecule has 2 aromatic carbocycles. The Morgan fingerprint density at radius 2 is 1.58 bits per heavy atom. The molecule has 0 spiro atoms. The molecule has 3 aromatic rings. The van der Waals surface area contributed by atoms with E-state index in [1.165, 1.54) is 0 Å². The van der Waals surface area contributed by atoms with Crippen molar-refractivity contribution >= 4 is 11.9 Å². The number of rotatable bonds is 9. The molecule has 1 N–H and O–H groups in total. The summed E-state index contributed by atoms with van der Waals surface area (Å²) >= 11 is 0. The van der Waals surface area contributed by atoms with E-state index in [0.29, 0.717) is 48.2 Å². The number of carbonyl (C=O) groups is 1. The predicted octanol–water partition coefficient (Wildman–Crippen LogP) is 4.80. The average molecular weight is 425 g/mol. The summed E-state index contributed by atoms with van der Waals surface area (Å²) in [7, 11) is 0. The highest BCUT2D eigenvalue weighted by atomic mass is 16.5. The Balaban J connectivity index is 1.90. The Bertz CT molecular complexity index is 1030. The summed E-state index contributed by atoms with van der Waals surface area (Å²) < 4.78 is 22.9. The molecule has 164 valence electrons. The van der Waals surface area contributed by atoms with Gasteiger partial charge in [-0.25, -0.2) is 0 Å². The van der Waals surface area contributed by atoms with Crippen LogP contribution in [0, 0.1) is 13.8 Å². The van der Waals surface area contributed by atoms with Crippen LogP contribution < -0.4 is 19.5 Å². The molecule has 0 saturated heterocycles. The Morgan fingerprint density at radius 3 is 2.19 bits per heavy atom. The first-order valence-corrected chi connectivity index (χ1v) is 10.3. The maximum atomic E-state index is 12.6. The molecule has 0 aliphatic rings. The molecule has 0 aliphatic carbocycles. The molecule has 8 heteroatoms. The topological polar surface area (TPSA) is 95.7 Å². The minimum atomic E-state index is -0.312. The van der Waals surface area contributed by atoms with Gasteiger partial charge in [0.05, 0.1) is 19.8 Å². The quantitative estimate of drug-likeness (QED) is 0.526. The third kappa shape index (κ3) is 5.14. The summed E-state index contributed by atoms with van der Waals surface area (Å²) in [5, 5.41) is 10.7. The molecule has 1 amide bonds. The van der Waals surface area contributed by atoms with Crippen LogP contribution in [-0.4, -0.2) is 35.9 Å². The number of carbonyl (C=O) groups excluding carboxylic acids is 1. The fourth-order valence-electron chi connectivity index (χ4n) is 3.05. The molecule has 0 saturated carbocycles. The number of aromatic nitrogens is 2. The minimum Gasteiger partial charge on any atom is -0.490 e. The normalized spacial score (nSPS) is 10.6.